The first-order valence-corrected chi connectivity index (χ1v) is 10.2. The maximum absolute atomic E-state index is 12.9. The molecule has 0 radical (unpaired) electrons. The molecule has 1 aromatic heterocycles. The van der Waals surface area contributed by atoms with Crippen LogP contribution in [0.2, 0.25) is 0 Å². The van der Waals surface area contributed by atoms with E-state index in [1.165, 1.54) is 17.7 Å². The molecule has 1 amide bonds. The number of amides is 1. The van der Waals surface area contributed by atoms with Crippen molar-refractivity contribution < 1.29 is 18.0 Å². The predicted octanol–water partition coefficient (Wildman–Crippen LogP) is 3.84. The minimum Gasteiger partial charge on any atom is -0.341 e. The van der Waals surface area contributed by atoms with E-state index in [1.54, 1.807) is 4.90 Å². The zero-order valence-corrected chi connectivity index (χ0v) is 16.8. The van der Waals surface area contributed by atoms with Gasteiger partial charge in [-0.15, -0.1) is 10.2 Å². The fraction of sp³-hybridized carbons (Fsp3) is 0.364. The summed E-state index contributed by atoms with van der Waals surface area (Å²) in [5, 5.41) is 11.7. The largest absolute Gasteiger partial charge is 0.416 e. The monoisotopic (exact) mass is 429 g/mol. The molecule has 9 heteroatoms. The number of nitrogens with zero attached hydrogens (tertiary/aromatic N) is 5. The number of piperidine rings is 1. The second-order valence-electron chi connectivity index (χ2n) is 7.74. The van der Waals surface area contributed by atoms with E-state index in [2.05, 4.69) is 27.5 Å². The third-order valence-electron chi connectivity index (χ3n) is 5.51. The third-order valence-corrected chi connectivity index (χ3v) is 5.51. The SMILES string of the molecule is O=C(Cn1nnc(-c2cccc(C(F)(F)F)c2)n1)N1CCC(Cc2ccccc2)CC1. The van der Waals surface area contributed by atoms with Crippen molar-refractivity contribution in [2.75, 3.05) is 13.1 Å². The van der Waals surface area contributed by atoms with Gasteiger partial charge in [-0.1, -0.05) is 42.5 Å². The van der Waals surface area contributed by atoms with Crippen LogP contribution in [0.3, 0.4) is 0 Å². The first-order chi connectivity index (χ1) is 14.9. The summed E-state index contributed by atoms with van der Waals surface area (Å²) in [6.45, 7) is 1.26. The van der Waals surface area contributed by atoms with Crippen molar-refractivity contribution in [3.05, 3.63) is 65.7 Å². The lowest BCUT2D eigenvalue weighted by atomic mass is 9.90. The van der Waals surface area contributed by atoms with Crippen LogP contribution in [0.25, 0.3) is 11.4 Å². The number of halogens is 3. The molecular weight excluding hydrogens is 407 g/mol. The molecule has 0 N–H and O–H groups in total. The lowest BCUT2D eigenvalue weighted by Crippen LogP contribution is -2.40. The smallest absolute Gasteiger partial charge is 0.341 e. The molecule has 31 heavy (non-hydrogen) atoms. The van der Waals surface area contributed by atoms with Crippen molar-refractivity contribution in [1.29, 1.82) is 0 Å². The van der Waals surface area contributed by atoms with E-state index in [0.29, 0.717) is 19.0 Å². The molecule has 3 aromatic rings. The van der Waals surface area contributed by atoms with Gasteiger partial charge in [0.15, 0.2) is 0 Å². The number of rotatable bonds is 5. The Morgan fingerprint density at radius 1 is 1.03 bits per heavy atom. The lowest BCUT2D eigenvalue weighted by molar-refractivity contribution is -0.137. The van der Waals surface area contributed by atoms with Crippen LogP contribution in [0.5, 0.6) is 0 Å². The lowest BCUT2D eigenvalue weighted by Gasteiger charge is -2.32. The molecule has 2 aromatic carbocycles. The number of alkyl halides is 3. The summed E-state index contributed by atoms with van der Waals surface area (Å²) in [5.74, 6) is 0.482. The van der Waals surface area contributed by atoms with Gasteiger partial charge in [-0.25, -0.2) is 0 Å². The first-order valence-electron chi connectivity index (χ1n) is 10.2. The molecule has 0 unspecified atom stereocenters. The number of tetrazole rings is 1. The highest BCUT2D eigenvalue weighted by Crippen LogP contribution is 2.31. The average Bonchev–Trinajstić information content (AvgIpc) is 3.23. The van der Waals surface area contributed by atoms with Crippen molar-refractivity contribution in [2.24, 2.45) is 5.92 Å². The van der Waals surface area contributed by atoms with Crippen molar-refractivity contribution in [3.63, 3.8) is 0 Å². The van der Waals surface area contributed by atoms with Crippen LogP contribution >= 0.6 is 0 Å². The van der Waals surface area contributed by atoms with Crippen molar-refractivity contribution >= 4 is 5.91 Å². The molecular formula is C22H22F3N5O. The maximum Gasteiger partial charge on any atom is 0.416 e. The van der Waals surface area contributed by atoms with Gasteiger partial charge in [-0.3, -0.25) is 4.79 Å². The standard InChI is InChI=1S/C22H22F3N5O/c23-22(24,25)19-8-4-7-18(14-19)21-26-28-30(27-21)15-20(31)29-11-9-17(10-12-29)13-16-5-2-1-3-6-16/h1-8,14,17H,9-13,15H2. The number of benzene rings is 2. The summed E-state index contributed by atoms with van der Waals surface area (Å²) < 4.78 is 38.7. The van der Waals surface area contributed by atoms with Gasteiger partial charge >= 0.3 is 6.18 Å². The number of carbonyl (C=O) groups is 1. The summed E-state index contributed by atoms with van der Waals surface area (Å²) in [4.78, 5) is 15.5. The normalized spacial score (nSPS) is 15.3. The minimum atomic E-state index is -4.45. The maximum atomic E-state index is 12.9. The van der Waals surface area contributed by atoms with Crippen molar-refractivity contribution in [2.45, 2.75) is 32.0 Å². The molecule has 0 bridgehead atoms. The van der Waals surface area contributed by atoms with Gasteiger partial charge < -0.3 is 4.90 Å². The van der Waals surface area contributed by atoms with Gasteiger partial charge in [0.05, 0.1) is 5.56 Å². The number of hydrogen-bond donors (Lipinski definition) is 0. The molecule has 2 heterocycles. The molecule has 4 rings (SSSR count). The van der Waals surface area contributed by atoms with E-state index in [-0.39, 0.29) is 23.8 Å². The molecule has 0 aliphatic carbocycles. The summed E-state index contributed by atoms with van der Waals surface area (Å²) in [5.41, 5.74) is 0.729. The Bertz CT molecular complexity index is 1030. The zero-order chi connectivity index (χ0) is 21.8. The van der Waals surface area contributed by atoms with E-state index in [1.807, 2.05) is 18.2 Å². The number of aromatic nitrogens is 4. The fourth-order valence-corrected chi connectivity index (χ4v) is 3.82. The third kappa shape index (κ3) is 5.28. The van der Waals surface area contributed by atoms with Crippen molar-refractivity contribution in [3.8, 4) is 11.4 Å². The van der Waals surface area contributed by atoms with Gasteiger partial charge in [0.25, 0.3) is 0 Å². The Labute approximate surface area is 177 Å². The number of carbonyl (C=O) groups excluding carboxylic acids is 1. The summed E-state index contributed by atoms with van der Waals surface area (Å²) >= 11 is 0. The Morgan fingerprint density at radius 2 is 1.77 bits per heavy atom. The van der Waals surface area contributed by atoms with E-state index in [0.717, 1.165) is 36.2 Å². The highest BCUT2D eigenvalue weighted by molar-refractivity contribution is 5.75. The first kappa shape index (κ1) is 21.0. The Morgan fingerprint density at radius 3 is 2.48 bits per heavy atom. The quantitative estimate of drug-likeness (QED) is 0.618. The molecule has 0 saturated carbocycles. The average molecular weight is 429 g/mol. The molecule has 1 aliphatic heterocycles. The molecule has 6 nitrogen and oxygen atoms in total. The van der Waals surface area contributed by atoms with Gasteiger partial charge in [0, 0.05) is 18.7 Å². The molecule has 1 aliphatic rings. The summed E-state index contributed by atoms with van der Waals surface area (Å²) in [6.07, 6.45) is -1.58. The van der Waals surface area contributed by atoms with Crippen LogP contribution in [-0.2, 0) is 23.9 Å². The summed E-state index contributed by atoms with van der Waals surface area (Å²) in [6, 6.07) is 15.0. The predicted molar refractivity (Wildman–Crippen MR) is 108 cm³/mol. The topological polar surface area (TPSA) is 63.9 Å². The van der Waals surface area contributed by atoms with Gasteiger partial charge in [-0.05, 0) is 48.1 Å². The van der Waals surface area contributed by atoms with Crippen molar-refractivity contribution in [1.82, 2.24) is 25.1 Å². The number of likely N-dealkylation sites (tertiary alicyclic amines) is 1. The highest BCUT2D eigenvalue weighted by Gasteiger charge is 2.31. The van der Waals surface area contributed by atoms with E-state index >= 15 is 0 Å². The van der Waals surface area contributed by atoms with Crippen LogP contribution in [0.4, 0.5) is 13.2 Å². The Balaban J connectivity index is 1.33. The Hall–Kier alpha value is -3.23. The van der Waals surface area contributed by atoms with Crippen LogP contribution < -0.4 is 0 Å². The van der Waals surface area contributed by atoms with Crippen LogP contribution in [0.1, 0.15) is 24.0 Å². The minimum absolute atomic E-state index is 0.0560. The van der Waals surface area contributed by atoms with E-state index in [9.17, 15) is 18.0 Å². The van der Waals surface area contributed by atoms with Crippen LogP contribution in [0.15, 0.2) is 54.6 Å². The van der Waals surface area contributed by atoms with Gasteiger partial charge in [-0.2, -0.15) is 18.0 Å². The molecule has 162 valence electrons. The second-order valence-corrected chi connectivity index (χ2v) is 7.74. The number of hydrogen-bond acceptors (Lipinski definition) is 4. The van der Waals surface area contributed by atoms with E-state index < -0.39 is 11.7 Å². The zero-order valence-electron chi connectivity index (χ0n) is 16.8. The van der Waals surface area contributed by atoms with Gasteiger partial charge in [0.2, 0.25) is 11.7 Å². The van der Waals surface area contributed by atoms with Crippen LogP contribution in [-0.4, -0.2) is 44.1 Å². The van der Waals surface area contributed by atoms with Crippen LogP contribution in [0, 0.1) is 5.92 Å². The van der Waals surface area contributed by atoms with Gasteiger partial charge in [0.1, 0.15) is 6.54 Å². The molecule has 0 atom stereocenters. The Kier molecular flexibility index (Phi) is 6.01. The summed E-state index contributed by atoms with van der Waals surface area (Å²) in [7, 11) is 0. The highest BCUT2D eigenvalue weighted by atomic mass is 19.4. The van der Waals surface area contributed by atoms with E-state index in [4.69, 9.17) is 0 Å². The molecule has 1 saturated heterocycles. The molecule has 0 spiro atoms. The fourth-order valence-electron chi connectivity index (χ4n) is 3.82. The molecule has 1 fully saturated rings. The second kappa shape index (κ2) is 8.87.